The topological polar surface area (TPSA) is 66.0 Å². The van der Waals surface area contributed by atoms with Crippen LogP contribution in [0.3, 0.4) is 0 Å². The second-order valence-electron chi connectivity index (χ2n) is 7.05. The molecule has 0 amide bonds. The van der Waals surface area contributed by atoms with Gasteiger partial charge in [-0.2, -0.15) is 0 Å². The standard InChI is InChI=1S/C16H24N4O/c1-6-11-15(2,3)16(4,5)14(21-11)20-8-7-10-12(17)18-9-19-13(10)20/h7-9,11,14H,6H2,1-5H3,(H2,17,18,19)/t11-,14-/m1/s1. The van der Waals surface area contributed by atoms with Crippen LogP contribution in [0, 0.1) is 10.8 Å². The van der Waals surface area contributed by atoms with Crippen LogP contribution in [0.2, 0.25) is 0 Å². The van der Waals surface area contributed by atoms with Crippen LogP contribution in [0.25, 0.3) is 11.0 Å². The highest BCUT2D eigenvalue weighted by molar-refractivity contribution is 5.86. The maximum Gasteiger partial charge on any atom is 0.147 e. The summed E-state index contributed by atoms with van der Waals surface area (Å²) in [5.74, 6) is 0.515. The van der Waals surface area contributed by atoms with Gasteiger partial charge in [-0.05, 0) is 12.5 Å². The van der Waals surface area contributed by atoms with E-state index < -0.39 is 0 Å². The number of anilines is 1. The Kier molecular flexibility index (Phi) is 3.03. The van der Waals surface area contributed by atoms with E-state index in [1.165, 1.54) is 6.33 Å². The molecule has 0 radical (unpaired) electrons. The van der Waals surface area contributed by atoms with Crippen molar-refractivity contribution in [1.82, 2.24) is 14.5 Å². The van der Waals surface area contributed by atoms with Crippen LogP contribution in [0.5, 0.6) is 0 Å². The molecule has 5 heteroatoms. The van der Waals surface area contributed by atoms with Crippen molar-refractivity contribution in [1.29, 1.82) is 0 Å². The summed E-state index contributed by atoms with van der Waals surface area (Å²) in [4.78, 5) is 8.46. The van der Waals surface area contributed by atoms with E-state index in [0.717, 1.165) is 17.5 Å². The molecule has 0 spiro atoms. The Hall–Kier alpha value is -1.62. The molecule has 2 aromatic heterocycles. The Morgan fingerprint density at radius 1 is 1.24 bits per heavy atom. The van der Waals surface area contributed by atoms with Gasteiger partial charge in [-0.15, -0.1) is 0 Å². The number of rotatable bonds is 2. The van der Waals surface area contributed by atoms with Crippen LogP contribution in [-0.2, 0) is 4.74 Å². The molecule has 1 fully saturated rings. The van der Waals surface area contributed by atoms with Crippen LogP contribution >= 0.6 is 0 Å². The molecule has 3 rings (SSSR count). The van der Waals surface area contributed by atoms with E-state index in [-0.39, 0.29) is 23.2 Å². The number of nitrogens with two attached hydrogens (primary N) is 1. The Morgan fingerprint density at radius 2 is 1.95 bits per heavy atom. The third-order valence-corrected chi connectivity index (χ3v) is 5.54. The monoisotopic (exact) mass is 288 g/mol. The second kappa shape index (κ2) is 4.44. The minimum atomic E-state index is -0.0516. The van der Waals surface area contributed by atoms with Crippen LogP contribution in [0.4, 0.5) is 5.82 Å². The smallest absolute Gasteiger partial charge is 0.147 e. The number of hydrogen-bond donors (Lipinski definition) is 1. The number of nitrogens with zero attached hydrogens (tertiary/aromatic N) is 3. The molecule has 1 aliphatic rings. The van der Waals surface area contributed by atoms with Crippen LogP contribution in [-0.4, -0.2) is 20.6 Å². The Labute approximate surface area is 125 Å². The van der Waals surface area contributed by atoms with Crippen molar-refractivity contribution >= 4 is 16.9 Å². The maximum absolute atomic E-state index is 6.40. The number of fused-ring (bicyclic) bond motifs is 1. The van der Waals surface area contributed by atoms with Gasteiger partial charge < -0.3 is 15.0 Å². The molecule has 1 saturated heterocycles. The van der Waals surface area contributed by atoms with Crippen LogP contribution in [0.15, 0.2) is 18.6 Å². The van der Waals surface area contributed by atoms with Crippen molar-refractivity contribution in [3.05, 3.63) is 18.6 Å². The van der Waals surface area contributed by atoms with Crippen molar-refractivity contribution < 1.29 is 4.74 Å². The van der Waals surface area contributed by atoms with Crippen molar-refractivity contribution in [2.75, 3.05) is 5.73 Å². The SMILES string of the molecule is CC[C@H]1O[C@@H](n2ccc3c(N)ncnc32)C(C)(C)C1(C)C. The minimum Gasteiger partial charge on any atom is -0.383 e. The Bertz CT molecular complexity index is 674. The number of aromatic nitrogens is 3. The molecule has 0 unspecified atom stereocenters. The third kappa shape index (κ3) is 1.80. The molecular weight excluding hydrogens is 264 g/mol. The van der Waals surface area contributed by atoms with E-state index in [1.54, 1.807) is 0 Å². The number of ether oxygens (including phenoxy) is 1. The number of hydrogen-bond acceptors (Lipinski definition) is 4. The molecule has 3 heterocycles. The molecule has 2 atom stereocenters. The summed E-state index contributed by atoms with van der Waals surface area (Å²) >= 11 is 0. The van der Waals surface area contributed by atoms with Gasteiger partial charge in [-0.1, -0.05) is 34.6 Å². The Balaban J connectivity index is 2.13. The van der Waals surface area contributed by atoms with Crippen LogP contribution < -0.4 is 5.73 Å². The molecular formula is C16H24N4O. The highest BCUT2D eigenvalue weighted by Crippen LogP contribution is 2.58. The summed E-state index contributed by atoms with van der Waals surface area (Å²) in [6, 6.07) is 1.97. The van der Waals surface area contributed by atoms with Gasteiger partial charge in [0.05, 0.1) is 11.5 Å². The van der Waals surface area contributed by atoms with Gasteiger partial charge in [-0.25, -0.2) is 9.97 Å². The normalized spacial score (nSPS) is 27.3. The fourth-order valence-corrected chi connectivity index (χ4v) is 3.43. The van der Waals surface area contributed by atoms with Gasteiger partial charge >= 0.3 is 0 Å². The first-order valence-corrected chi connectivity index (χ1v) is 7.53. The average molecular weight is 288 g/mol. The summed E-state index contributed by atoms with van der Waals surface area (Å²) in [6.45, 7) is 11.3. The maximum atomic E-state index is 6.40. The molecule has 114 valence electrons. The minimum absolute atomic E-state index is 0.0145. The summed E-state index contributed by atoms with van der Waals surface area (Å²) in [6.07, 6.45) is 4.70. The predicted octanol–water partition coefficient (Wildman–Crippen LogP) is 3.37. The van der Waals surface area contributed by atoms with E-state index in [9.17, 15) is 0 Å². The Morgan fingerprint density at radius 3 is 2.57 bits per heavy atom. The third-order valence-electron chi connectivity index (χ3n) is 5.54. The molecule has 1 aliphatic heterocycles. The van der Waals surface area contributed by atoms with E-state index in [2.05, 4.69) is 49.2 Å². The fraction of sp³-hybridized carbons (Fsp3) is 0.625. The van der Waals surface area contributed by atoms with Crippen molar-refractivity contribution in [2.45, 2.75) is 53.4 Å². The number of nitrogen functional groups attached to an aromatic ring is 1. The molecule has 0 aliphatic carbocycles. The van der Waals surface area contributed by atoms with Crippen LogP contribution in [0.1, 0.15) is 47.3 Å². The molecule has 0 saturated carbocycles. The van der Waals surface area contributed by atoms with Gasteiger partial charge in [-0.3, -0.25) is 0 Å². The van der Waals surface area contributed by atoms with Gasteiger partial charge in [0, 0.05) is 17.0 Å². The zero-order valence-electron chi connectivity index (χ0n) is 13.4. The van der Waals surface area contributed by atoms with Crippen molar-refractivity contribution in [3.63, 3.8) is 0 Å². The lowest BCUT2D eigenvalue weighted by molar-refractivity contribution is -0.0298. The average Bonchev–Trinajstić information content (AvgIpc) is 2.90. The van der Waals surface area contributed by atoms with E-state index in [1.807, 2.05) is 12.3 Å². The summed E-state index contributed by atoms with van der Waals surface area (Å²) in [5.41, 5.74) is 6.85. The molecule has 21 heavy (non-hydrogen) atoms. The first kappa shape index (κ1) is 14.3. The molecule has 0 aromatic carbocycles. The lowest BCUT2D eigenvalue weighted by atomic mass is 9.65. The lowest BCUT2D eigenvalue weighted by Gasteiger charge is -2.38. The molecule has 5 nitrogen and oxygen atoms in total. The summed E-state index contributed by atoms with van der Waals surface area (Å²) in [7, 11) is 0. The van der Waals surface area contributed by atoms with Gasteiger partial charge in [0.1, 0.15) is 24.0 Å². The van der Waals surface area contributed by atoms with E-state index in [0.29, 0.717) is 5.82 Å². The van der Waals surface area contributed by atoms with Gasteiger partial charge in [0.15, 0.2) is 0 Å². The summed E-state index contributed by atoms with van der Waals surface area (Å²) < 4.78 is 8.50. The van der Waals surface area contributed by atoms with Gasteiger partial charge in [0.25, 0.3) is 0 Å². The molecule has 2 N–H and O–H groups in total. The molecule has 0 bridgehead atoms. The van der Waals surface area contributed by atoms with Gasteiger partial charge in [0.2, 0.25) is 0 Å². The first-order valence-electron chi connectivity index (χ1n) is 7.53. The van der Waals surface area contributed by atoms with E-state index >= 15 is 0 Å². The highest BCUT2D eigenvalue weighted by atomic mass is 16.5. The zero-order chi connectivity index (χ0) is 15.4. The zero-order valence-corrected chi connectivity index (χ0v) is 13.4. The lowest BCUT2D eigenvalue weighted by Crippen LogP contribution is -2.37. The highest BCUT2D eigenvalue weighted by Gasteiger charge is 2.56. The summed E-state index contributed by atoms with van der Waals surface area (Å²) in [5, 5.41) is 0.884. The van der Waals surface area contributed by atoms with Crippen molar-refractivity contribution in [3.8, 4) is 0 Å². The quantitative estimate of drug-likeness (QED) is 0.920. The second-order valence-corrected chi connectivity index (χ2v) is 7.05. The molecule has 2 aromatic rings. The first-order chi connectivity index (χ1) is 9.80. The van der Waals surface area contributed by atoms with E-state index in [4.69, 9.17) is 10.5 Å². The predicted molar refractivity (Wildman–Crippen MR) is 83.7 cm³/mol. The van der Waals surface area contributed by atoms with Crippen molar-refractivity contribution in [2.24, 2.45) is 10.8 Å². The largest absolute Gasteiger partial charge is 0.383 e. The fourth-order valence-electron chi connectivity index (χ4n) is 3.43.